The summed E-state index contributed by atoms with van der Waals surface area (Å²) in [6, 6.07) is 5.76. The largest absolute Gasteiger partial charge is 0.384 e. The lowest BCUT2D eigenvalue weighted by atomic mass is 9.97. The summed E-state index contributed by atoms with van der Waals surface area (Å²) in [4.78, 5) is 15.5. The lowest BCUT2D eigenvalue weighted by Crippen LogP contribution is -2.39. The molecule has 0 radical (unpaired) electrons. The monoisotopic (exact) mass is 410 g/mol. The van der Waals surface area contributed by atoms with Crippen LogP contribution < -0.4 is 10.6 Å². The number of aliphatic imine (C=N–C) groups is 1. The molecule has 10 heteroatoms. The van der Waals surface area contributed by atoms with E-state index in [4.69, 9.17) is 10.7 Å². The molecule has 0 aromatic carbocycles. The maximum Gasteiger partial charge on any atom is 0.204 e. The molecule has 0 unspecified atom stereocenters. The number of thiazole rings is 1. The predicted octanol–water partition coefficient (Wildman–Crippen LogP) is 2.21. The molecule has 1 fully saturated rings. The third-order valence-electron chi connectivity index (χ3n) is 5.44. The molecular formula is C19H22N8OS. The molecule has 3 aromatic heterocycles. The molecular weight excluding hydrogens is 388 g/mol. The van der Waals surface area contributed by atoms with Crippen LogP contribution in [0.4, 0.5) is 10.9 Å². The summed E-state index contributed by atoms with van der Waals surface area (Å²) in [5.74, 6) is 1.01. The average Bonchev–Trinajstić information content (AvgIpc) is 3.43. The first-order valence-electron chi connectivity index (χ1n) is 9.67. The zero-order valence-electron chi connectivity index (χ0n) is 16.1. The third-order valence-corrected chi connectivity index (χ3v) is 6.43. The summed E-state index contributed by atoms with van der Waals surface area (Å²) in [5, 5.41) is 22.2. The van der Waals surface area contributed by atoms with E-state index >= 15 is 0 Å². The molecule has 0 amide bonds. The first-order chi connectivity index (χ1) is 14.0. The van der Waals surface area contributed by atoms with Crippen LogP contribution in [0, 0.1) is 6.92 Å². The van der Waals surface area contributed by atoms with Gasteiger partial charge < -0.3 is 10.8 Å². The molecule has 1 aliphatic heterocycles. The van der Waals surface area contributed by atoms with Crippen LogP contribution in [0.2, 0.25) is 0 Å². The second kappa shape index (κ2) is 6.89. The van der Waals surface area contributed by atoms with Crippen LogP contribution in [0.25, 0.3) is 0 Å². The van der Waals surface area contributed by atoms with Crippen molar-refractivity contribution < 1.29 is 5.11 Å². The summed E-state index contributed by atoms with van der Waals surface area (Å²) in [6.07, 6.45) is 3.58. The lowest BCUT2D eigenvalue weighted by molar-refractivity contribution is 0.0397. The number of nitrogens with zero attached hydrogens (tertiary/aromatic N) is 7. The number of hydrogen-bond donors (Lipinski definition) is 2. The highest BCUT2D eigenvalue weighted by Gasteiger charge is 2.34. The molecule has 5 rings (SSSR count). The Bertz CT molecular complexity index is 1080. The molecule has 3 aromatic rings. The van der Waals surface area contributed by atoms with Gasteiger partial charge in [-0.05, 0) is 31.9 Å². The van der Waals surface area contributed by atoms with Crippen molar-refractivity contribution in [3.8, 4) is 0 Å². The molecule has 0 spiro atoms. The molecule has 0 atom stereocenters. The van der Waals surface area contributed by atoms with E-state index < -0.39 is 5.60 Å². The van der Waals surface area contributed by atoms with Gasteiger partial charge in [-0.1, -0.05) is 24.1 Å². The Kier molecular flexibility index (Phi) is 4.32. The van der Waals surface area contributed by atoms with Crippen molar-refractivity contribution in [2.45, 2.75) is 51.3 Å². The summed E-state index contributed by atoms with van der Waals surface area (Å²) >= 11 is 1.52. The van der Waals surface area contributed by atoms with Crippen molar-refractivity contribution in [3.63, 3.8) is 0 Å². The maximum absolute atomic E-state index is 10.8. The highest BCUT2D eigenvalue weighted by molar-refractivity contribution is 7.14. The number of fused-ring (bicyclic) bond motifs is 1. The minimum atomic E-state index is -0.813. The van der Waals surface area contributed by atoms with Gasteiger partial charge in [0.2, 0.25) is 5.96 Å². The van der Waals surface area contributed by atoms with Gasteiger partial charge in [-0.25, -0.2) is 9.67 Å². The number of rotatable bonds is 4. The van der Waals surface area contributed by atoms with E-state index in [1.54, 1.807) is 4.68 Å². The van der Waals surface area contributed by atoms with Crippen molar-refractivity contribution >= 4 is 28.2 Å². The van der Waals surface area contributed by atoms with Gasteiger partial charge in [0.1, 0.15) is 11.3 Å². The van der Waals surface area contributed by atoms with Gasteiger partial charge in [0, 0.05) is 5.38 Å². The first-order valence-corrected chi connectivity index (χ1v) is 10.5. The Hall–Kier alpha value is -2.85. The standard InChI is InChI=1S/C19H22N8OS/c1-12-11-29-18(21-12)26-10-14-16(23-17(26)20)27(25-24-14)9-13-5-4-6-15(22-13)19(28)7-2-3-8-19/h4-6,11,28H,2-3,7-10H2,1H3,(H2,20,23). The van der Waals surface area contributed by atoms with Crippen molar-refractivity contribution in [3.05, 3.63) is 46.4 Å². The smallest absolute Gasteiger partial charge is 0.204 e. The van der Waals surface area contributed by atoms with Crippen LogP contribution in [0.15, 0.2) is 28.6 Å². The number of aromatic nitrogens is 5. The molecule has 1 aliphatic carbocycles. The Morgan fingerprint density at radius 2 is 2.07 bits per heavy atom. The van der Waals surface area contributed by atoms with Gasteiger partial charge in [-0.15, -0.1) is 16.4 Å². The Labute approximate surface area is 171 Å². The number of anilines is 1. The molecule has 1 saturated carbocycles. The van der Waals surface area contributed by atoms with Gasteiger partial charge in [0.05, 0.1) is 30.2 Å². The third kappa shape index (κ3) is 3.28. The van der Waals surface area contributed by atoms with E-state index in [0.717, 1.165) is 53.6 Å². The molecule has 4 heterocycles. The first kappa shape index (κ1) is 18.2. The fraction of sp³-hybridized carbons (Fsp3) is 0.421. The molecule has 9 nitrogen and oxygen atoms in total. The second-order valence-electron chi connectivity index (χ2n) is 7.60. The van der Waals surface area contributed by atoms with Gasteiger partial charge in [0.25, 0.3) is 0 Å². The van der Waals surface area contributed by atoms with Crippen molar-refractivity contribution in [2.75, 3.05) is 4.90 Å². The summed E-state index contributed by atoms with van der Waals surface area (Å²) in [6.45, 7) is 2.84. The number of aryl methyl sites for hydroxylation is 1. The van der Waals surface area contributed by atoms with Crippen LogP contribution >= 0.6 is 11.3 Å². The molecule has 29 heavy (non-hydrogen) atoms. The van der Waals surface area contributed by atoms with Crippen molar-refractivity contribution in [1.82, 2.24) is 25.0 Å². The van der Waals surface area contributed by atoms with Crippen LogP contribution in [-0.2, 0) is 18.7 Å². The van der Waals surface area contributed by atoms with Crippen LogP contribution in [-0.4, -0.2) is 36.0 Å². The zero-order chi connectivity index (χ0) is 20.0. The fourth-order valence-corrected chi connectivity index (χ4v) is 4.71. The number of aliphatic hydroxyl groups is 1. The van der Waals surface area contributed by atoms with Gasteiger partial charge in [-0.3, -0.25) is 9.88 Å². The fourth-order valence-electron chi connectivity index (χ4n) is 3.90. The summed E-state index contributed by atoms with van der Waals surface area (Å²) in [7, 11) is 0. The van der Waals surface area contributed by atoms with Gasteiger partial charge in [0.15, 0.2) is 10.9 Å². The number of nitrogens with two attached hydrogens (primary N) is 1. The Balaban J connectivity index is 1.41. The van der Waals surface area contributed by atoms with E-state index in [9.17, 15) is 5.11 Å². The van der Waals surface area contributed by atoms with E-state index in [2.05, 4.69) is 20.3 Å². The summed E-state index contributed by atoms with van der Waals surface area (Å²) < 4.78 is 1.71. The van der Waals surface area contributed by atoms with E-state index in [1.165, 1.54) is 11.3 Å². The van der Waals surface area contributed by atoms with E-state index in [-0.39, 0.29) is 0 Å². The summed E-state index contributed by atoms with van der Waals surface area (Å²) in [5.41, 5.74) is 8.63. The normalized spacial score (nSPS) is 18.0. The molecule has 2 aliphatic rings. The Morgan fingerprint density at radius 3 is 2.83 bits per heavy atom. The topological polar surface area (TPSA) is 118 Å². The molecule has 0 saturated heterocycles. The molecule has 0 bridgehead atoms. The zero-order valence-corrected chi connectivity index (χ0v) is 16.9. The number of guanidine groups is 1. The Morgan fingerprint density at radius 1 is 1.24 bits per heavy atom. The SMILES string of the molecule is Cc1csc(N2Cc3nnn(Cc4cccc(C5(O)CCCC5)n4)c3N=C2N)n1. The van der Waals surface area contributed by atoms with Crippen molar-refractivity contribution in [1.29, 1.82) is 0 Å². The molecule has 3 N–H and O–H groups in total. The maximum atomic E-state index is 10.8. The highest BCUT2D eigenvalue weighted by atomic mass is 32.1. The minimum absolute atomic E-state index is 0.373. The van der Waals surface area contributed by atoms with E-state index in [1.807, 2.05) is 35.4 Å². The van der Waals surface area contributed by atoms with E-state index in [0.29, 0.717) is 24.9 Å². The van der Waals surface area contributed by atoms with Crippen LogP contribution in [0.1, 0.15) is 48.5 Å². The van der Waals surface area contributed by atoms with Gasteiger partial charge >= 0.3 is 0 Å². The van der Waals surface area contributed by atoms with Crippen molar-refractivity contribution in [2.24, 2.45) is 10.7 Å². The average molecular weight is 411 g/mol. The number of hydrogen-bond acceptors (Lipinski definition) is 9. The lowest BCUT2D eigenvalue weighted by Gasteiger charge is -2.23. The van der Waals surface area contributed by atoms with Crippen LogP contribution in [0.5, 0.6) is 0 Å². The van der Waals surface area contributed by atoms with Gasteiger partial charge in [-0.2, -0.15) is 4.99 Å². The predicted molar refractivity (Wildman–Crippen MR) is 110 cm³/mol. The molecule has 150 valence electrons. The minimum Gasteiger partial charge on any atom is -0.384 e. The quantitative estimate of drug-likeness (QED) is 0.677. The van der Waals surface area contributed by atoms with Crippen LogP contribution in [0.3, 0.4) is 0 Å². The highest BCUT2D eigenvalue weighted by Crippen LogP contribution is 2.37. The number of pyridine rings is 1. The second-order valence-corrected chi connectivity index (χ2v) is 8.43.